The number of ether oxygens (including phenoxy) is 2. The van der Waals surface area contributed by atoms with Crippen LogP contribution in [-0.4, -0.2) is 25.4 Å². The van der Waals surface area contributed by atoms with Crippen LogP contribution in [0.1, 0.15) is 313 Å². The Labute approximate surface area is 428 Å². The van der Waals surface area contributed by atoms with Crippen molar-refractivity contribution in [2.75, 3.05) is 13.2 Å². The molecule has 0 aromatic rings. The van der Waals surface area contributed by atoms with Crippen LogP contribution in [0, 0.1) is 82.2 Å². The lowest BCUT2D eigenvalue weighted by molar-refractivity contribution is -0.0757. The molecule has 0 N–H and O–H groups in total. The lowest BCUT2D eigenvalue weighted by Crippen LogP contribution is -2.38. The van der Waals surface area contributed by atoms with E-state index >= 15 is 0 Å². The van der Waals surface area contributed by atoms with Crippen LogP contribution < -0.4 is 0 Å². The van der Waals surface area contributed by atoms with Gasteiger partial charge in [-0.1, -0.05) is 249 Å². The molecule has 0 aliphatic heterocycles. The molecule has 0 aliphatic carbocycles. The summed E-state index contributed by atoms with van der Waals surface area (Å²) < 4.78 is 13.1. The molecule has 2 nitrogen and oxygen atoms in total. The molecule has 0 aliphatic rings. The van der Waals surface area contributed by atoms with Crippen LogP contribution in [0.25, 0.3) is 0 Å². The second-order valence-electron chi connectivity index (χ2n) is 37.1. The highest BCUT2D eigenvalue weighted by molar-refractivity contribution is 4.94. The standard InChI is InChI=1S/2C22H46O.C21H44/c1-19(2,3)13-17(21(7,8)9)15-23-16-18(22(10,11)12)14-20(4,5)6;1-19(2,3)13-17(14-20(4,5)6)23-18(15-21(7,8)9)16-22(10,11)12;1-17(2,3)13-21(14-18(4,5)6,15-19(7,8)9)16-20(10,11)12/h2*17-18H,13-16H2,1-12H3;13-16H2,1-12H3. The fourth-order valence-corrected chi connectivity index (χ4v) is 11.3. The molecule has 0 saturated carbocycles. The quantitative estimate of drug-likeness (QED) is 0.153. The van der Waals surface area contributed by atoms with Gasteiger partial charge in [0.25, 0.3) is 0 Å². The Morgan fingerprint density at radius 3 is 0.552 bits per heavy atom. The smallest absolute Gasteiger partial charge is 0.0588 e. The summed E-state index contributed by atoms with van der Waals surface area (Å²) in [6, 6.07) is 0. The molecule has 0 aromatic heterocycles. The van der Waals surface area contributed by atoms with E-state index in [0.717, 1.165) is 38.9 Å². The maximum absolute atomic E-state index is 6.75. The van der Waals surface area contributed by atoms with Crippen molar-refractivity contribution in [3.63, 3.8) is 0 Å². The molecule has 0 fully saturated rings. The second-order valence-corrected chi connectivity index (χ2v) is 37.1. The van der Waals surface area contributed by atoms with Crippen molar-refractivity contribution >= 4 is 0 Å². The monoisotopic (exact) mass is 949 g/mol. The van der Waals surface area contributed by atoms with Gasteiger partial charge in [-0.05, 0) is 146 Å². The third kappa shape index (κ3) is 46.7. The zero-order valence-electron chi connectivity index (χ0n) is 54.1. The number of rotatable bonds is 16. The van der Waals surface area contributed by atoms with Crippen molar-refractivity contribution < 1.29 is 9.47 Å². The molecule has 0 amide bonds. The zero-order valence-corrected chi connectivity index (χ0v) is 54.1. The Bertz CT molecular complexity index is 1120. The average molecular weight is 950 g/mol. The molecule has 0 spiro atoms. The van der Waals surface area contributed by atoms with Gasteiger partial charge in [0.2, 0.25) is 0 Å². The molecule has 2 heteroatoms. The highest BCUT2D eigenvalue weighted by Crippen LogP contribution is 2.54. The van der Waals surface area contributed by atoms with Crippen LogP contribution in [0.2, 0.25) is 0 Å². The molecule has 2 atom stereocenters. The zero-order chi connectivity index (χ0) is 54.7. The molecule has 0 saturated heterocycles. The van der Waals surface area contributed by atoms with Gasteiger partial charge in [-0.3, -0.25) is 0 Å². The first-order chi connectivity index (χ1) is 28.6. The van der Waals surface area contributed by atoms with E-state index in [1.807, 2.05) is 0 Å². The molecular formula is C65H136O2. The molecule has 0 radical (unpaired) electrons. The Hall–Kier alpha value is -0.0800. The summed E-state index contributed by atoms with van der Waals surface area (Å²) >= 11 is 0. The Balaban J connectivity index is -0.000000918. The van der Waals surface area contributed by atoms with Crippen molar-refractivity contribution in [2.24, 2.45) is 82.2 Å². The highest BCUT2D eigenvalue weighted by atomic mass is 16.5. The fraction of sp³-hybridized carbons (Fsp3) is 1.00. The summed E-state index contributed by atoms with van der Waals surface area (Å²) in [5.74, 6) is 1.22. The molecule has 0 heterocycles. The molecule has 0 aromatic carbocycles. The normalized spacial score (nSPS) is 15.9. The Morgan fingerprint density at radius 2 is 0.418 bits per heavy atom. The van der Waals surface area contributed by atoms with Gasteiger partial charge in [0, 0.05) is 13.2 Å². The summed E-state index contributed by atoms with van der Waals surface area (Å²) in [7, 11) is 0. The van der Waals surface area contributed by atoms with E-state index in [0.29, 0.717) is 94.4 Å². The second kappa shape index (κ2) is 25.7. The van der Waals surface area contributed by atoms with Crippen LogP contribution in [0.4, 0.5) is 0 Å². The minimum atomic E-state index is 0.300. The van der Waals surface area contributed by atoms with Crippen LogP contribution in [0.3, 0.4) is 0 Å². The molecule has 2 unspecified atom stereocenters. The van der Waals surface area contributed by atoms with E-state index in [2.05, 4.69) is 249 Å². The lowest BCUT2D eigenvalue weighted by Gasteiger charge is -2.49. The van der Waals surface area contributed by atoms with Crippen molar-refractivity contribution in [3.8, 4) is 0 Å². The fourth-order valence-electron chi connectivity index (χ4n) is 11.3. The Kier molecular flexibility index (Phi) is 27.3. The highest BCUT2D eigenvalue weighted by Gasteiger charge is 2.43. The van der Waals surface area contributed by atoms with Gasteiger partial charge in [-0.2, -0.15) is 0 Å². The van der Waals surface area contributed by atoms with Crippen LogP contribution in [0.5, 0.6) is 0 Å². The van der Waals surface area contributed by atoms with E-state index in [9.17, 15) is 0 Å². The van der Waals surface area contributed by atoms with E-state index < -0.39 is 0 Å². The molecule has 408 valence electrons. The SMILES string of the molecule is CC(C)(C)CC(CC(C)(C)C)(CC(C)(C)C)CC(C)(C)C.CC(C)(C)CC(CC(C)(C)C)OC(CC(C)(C)C)CC(C)(C)C.CC(C)(C)CC(COCC(CC(C)(C)C)C(C)(C)C)C(C)(C)C. The van der Waals surface area contributed by atoms with E-state index in [1.165, 1.54) is 38.5 Å². The van der Waals surface area contributed by atoms with Crippen molar-refractivity contribution in [3.05, 3.63) is 0 Å². The van der Waals surface area contributed by atoms with Gasteiger partial charge in [0.1, 0.15) is 0 Å². The topological polar surface area (TPSA) is 18.5 Å². The maximum atomic E-state index is 6.75. The van der Waals surface area contributed by atoms with Crippen molar-refractivity contribution in [1.29, 1.82) is 0 Å². The number of hydrogen-bond acceptors (Lipinski definition) is 2. The van der Waals surface area contributed by atoms with Crippen LogP contribution in [-0.2, 0) is 9.47 Å². The predicted molar refractivity (Wildman–Crippen MR) is 309 cm³/mol. The van der Waals surface area contributed by atoms with Crippen molar-refractivity contribution in [1.82, 2.24) is 0 Å². The van der Waals surface area contributed by atoms with Gasteiger partial charge in [-0.15, -0.1) is 0 Å². The first-order valence-electron chi connectivity index (χ1n) is 27.8. The third-order valence-corrected chi connectivity index (χ3v) is 12.2. The van der Waals surface area contributed by atoms with E-state index in [1.54, 1.807) is 0 Å². The van der Waals surface area contributed by atoms with Gasteiger partial charge >= 0.3 is 0 Å². The lowest BCUT2D eigenvalue weighted by atomic mass is 9.56. The first-order valence-corrected chi connectivity index (χ1v) is 27.8. The van der Waals surface area contributed by atoms with Gasteiger partial charge in [0.05, 0.1) is 12.2 Å². The third-order valence-electron chi connectivity index (χ3n) is 12.2. The minimum Gasteiger partial charge on any atom is -0.381 e. The number of hydrogen-bond donors (Lipinski definition) is 0. The van der Waals surface area contributed by atoms with Gasteiger partial charge in [-0.25, -0.2) is 0 Å². The summed E-state index contributed by atoms with van der Waals surface area (Å²) in [6.07, 6.45) is 13.0. The summed E-state index contributed by atoms with van der Waals surface area (Å²) in [6.45, 7) is 86.8. The summed E-state index contributed by atoms with van der Waals surface area (Å²) in [5, 5.41) is 0. The van der Waals surface area contributed by atoms with E-state index in [4.69, 9.17) is 9.47 Å². The Morgan fingerprint density at radius 1 is 0.239 bits per heavy atom. The van der Waals surface area contributed by atoms with Crippen LogP contribution >= 0.6 is 0 Å². The molecule has 0 rings (SSSR count). The molecular weight excluding hydrogens is 813 g/mol. The maximum Gasteiger partial charge on any atom is 0.0588 e. The first kappa shape index (κ1) is 71.2. The minimum absolute atomic E-state index is 0.300. The largest absolute Gasteiger partial charge is 0.381 e. The molecule has 0 bridgehead atoms. The van der Waals surface area contributed by atoms with Gasteiger partial charge < -0.3 is 9.47 Å². The summed E-state index contributed by atoms with van der Waals surface area (Å²) in [5.41, 5.74) is 4.55. The van der Waals surface area contributed by atoms with E-state index in [-0.39, 0.29) is 0 Å². The average Bonchev–Trinajstić information content (AvgIpc) is 2.86. The molecule has 67 heavy (non-hydrogen) atoms. The van der Waals surface area contributed by atoms with Gasteiger partial charge in [0.15, 0.2) is 0 Å². The summed E-state index contributed by atoms with van der Waals surface area (Å²) in [4.78, 5) is 0. The van der Waals surface area contributed by atoms with Crippen LogP contribution in [0.15, 0.2) is 0 Å². The van der Waals surface area contributed by atoms with Crippen molar-refractivity contribution in [2.45, 2.75) is 326 Å². The predicted octanol–water partition coefficient (Wildman–Crippen LogP) is 22.4.